The second-order valence-corrected chi connectivity index (χ2v) is 5.08. The van der Waals surface area contributed by atoms with Crippen molar-refractivity contribution < 1.29 is 0 Å². The summed E-state index contributed by atoms with van der Waals surface area (Å²) in [5.41, 5.74) is 1.96. The lowest BCUT2D eigenvalue weighted by atomic mass is 10.3. The Labute approximate surface area is 108 Å². The first kappa shape index (κ1) is 10.7. The van der Waals surface area contributed by atoms with Crippen molar-refractivity contribution in [1.82, 2.24) is 14.8 Å². The maximum absolute atomic E-state index is 6.15. The Morgan fingerprint density at radius 1 is 1.35 bits per heavy atom. The van der Waals surface area contributed by atoms with Crippen LogP contribution in [0.15, 0.2) is 30.3 Å². The van der Waals surface area contributed by atoms with Crippen LogP contribution in [0.4, 0.5) is 0 Å². The molecule has 0 fully saturated rings. The lowest BCUT2D eigenvalue weighted by Gasteiger charge is -1.95. The van der Waals surface area contributed by atoms with Crippen molar-refractivity contribution in [2.75, 3.05) is 0 Å². The number of hydrogen-bond donors (Lipinski definition) is 0. The van der Waals surface area contributed by atoms with Gasteiger partial charge in [0.2, 0.25) is 5.13 Å². The molecule has 5 heteroatoms. The van der Waals surface area contributed by atoms with Gasteiger partial charge in [-0.1, -0.05) is 42.0 Å². The van der Waals surface area contributed by atoms with Crippen LogP contribution in [0.2, 0.25) is 5.15 Å². The molecule has 0 N–H and O–H groups in total. The molecular weight excluding hydrogens is 254 g/mol. The highest BCUT2D eigenvalue weighted by atomic mass is 35.5. The molecule has 2 aromatic heterocycles. The molecule has 1 aromatic carbocycles. The Balaban J connectivity index is 2.16. The maximum Gasteiger partial charge on any atom is 0.212 e. The number of aromatic nitrogens is 3. The lowest BCUT2D eigenvalue weighted by Crippen LogP contribution is -1.96. The highest BCUT2D eigenvalue weighted by Crippen LogP contribution is 2.26. The molecule has 2 heterocycles. The van der Waals surface area contributed by atoms with E-state index in [1.807, 2.05) is 24.3 Å². The molecule has 0 aliphatic heterocycles. The number of aryl methyl sites for hydroxylation is 1. The Morgan fingerprint density at radius 2 is 2.18 bits per heavy atom. The van der Waals surface area contributed by atoms with Gasteiger partial charge in [-0.25, -0.2) is 4.98 Å². The highest BCUT2D eigenvalue weighted by Gasteiger charge is 2.11. The van der Waals surface area contributed by atoms with Crippen LogP contribution < -0.4 is 0 Å². The van der Waals surface area contributed by atoms with E-state index in [4.69, 9.17) is 11.6 Å². The highest BCUT2D eigenvalue weighted by molar-refractivity contribution is 7.20. The molecule has 0 radical (unpaired) electrons. The number of para-hydroxylation sites is 1. The molecule has 0 saturated carbocycles. The van der Waals surface area contributed by atoms with E-state index in [2.05, 4.69) is 23.1 Å². The molecule has 0 saturated heterocycles. The van der Waals surface area contributed by atoms with Crippen LogP contribution in [0, 0.1) is 0 Å². The van der Waals surface area contributed by atoms with E-state index in [1.165, 1.54) is 0 Å². The average Bonchev–Trinajstić information content (AvgIpc) is 2.91. The van der Waals surface area contributed by atoms with Crippen molar-refractivity contribution in [3.05, 3.63) is 41.2 Å². The first-order chi connectivity index (χ1) is 8.28. The summed E-state index contributed by atoms with van der Waals surface area (Å²) in [7, 11) is 0. The van der Waals surface area contributed by atoms with E-state index in [0.29, 0.717) is 5.15 Å². The molecule has 17 heavy (non-hydrogen) atoms. The van der Waals surface area contributed by atoms with Crippen LogP contribution in [0.25, 0.3) is 15.3 Å². The van der Waals surface area contributed by atoms with Crippen molar-refractivity contribution in [2.24, 2.45) is 0 Å². The first-order valence-electron chi connectivity index (χ1n) is 5.38. The first-order valence-corrected chi connectivity index (χ1v) is 6.58. The predicted octanol–water partition coefficient (Wildman–Crippen LogP) is 3.70. The molecule has 0 spiro atoms. The zero-order chi connectivity index (χ0) is 11.8. The smallest absolute Gasteiger partial charge is 0.212 e. The van der Waals surface area contributed by atoms with Crippen LogP contribution in [-0.2, 0) is 6.42 Å². The number of benzene rings is 1. The molecule has 0 aliphatic carbocycles. The van der Waals surface area contributed by atoms with E-state index in [0.717, 1.165) is 27.5 Å². The summed E-state index contributed by atoms with van der Waals surface area (Å²) in [6, 6.07) is 9.91. The quantitative estimate of drug-likeness (QED) is 0.706. The van der Waals surface area contributed by atoms with Crippen molar-refractivity contribution >= 4 is 33.2 Å². The standard InChI is InChI=1S/C12H10ClN3S/c1-2-8-7-11(13)16(15-8)12-14-9-5-3-4-6-10(9)17-12/h3-7H,2H2,1H3. The minimum Gasteiger partial charge on any atom is -0.218 e. The van der Waals surface area contributed by atoms with Gasteiger partial charge in [0.05, 0.1) is 15.9 Å². The molecule has 3 aromatic rings. The second-order valence-electron chi connectivity index (χ2n) is 3.69. The molecule has 0 unspecified atom stereocenters. The monoisotopic (exact) mass is 263 g/mol. The molecule has 0 amide bonds. The Hall–Kier alpha value is -1.39. The third-order valence-electron chi connectivity index (χ3n) is 2.54. The average molecular weight is 264 g/mol. The van der Waals surface area contributed by atoms with Gasteiger partial charge >= 0.3 is 0 Å². The number of thiazole rings is 1. The molecule has 0 atom stereocenters. The summed E-state index contributed by atoms with van der Waals surface area (Å²) >= 11 is 7.75. The largest absolute Gasteiger partial charge is 0.218 e. The Morgan fingerprint density at radius 3 is 2.88 bits per heavy atom. The summed E-state index contributed by atoms with van der Waals surface area (Å²) in [6.07, 6.45) is 0.873. The third kappa shape index (κ3) is 1.83. The summed E-state index contributed by atoms with van der Waals surface area (Å²) in [5, 5.41) is 5.85. The van der Waals surface area contributed by atoms with Gasteiger partial charge in [-0.05, 0) is 24.6 Å². The van der Waals surface area contributed by atoms with Gasteiger partial charge < -0.3 is 0 Å². The number of hydrogen-bond acceptors (Lipinski definition) is 3. The predicted molar refractivity (Wildman–Crippen MR) is 71.1 cm³/mol. The van der Waals surface area contributed by atoms with Gasteiger partial charge in [0, 0.05) is 0 Å². The van der Waals surface area contributed by atoms with Crippen molar-refractivity contribution in [2.45, 2.75) is 13.3 Å². The minimum atomic E-state index is 0.612. The fourth-order valence-corrected chi connectivity index (χ4v) is 2.89. The fraction of sp³-hybridized carbons (Fsp3) is 0.167. The maximum atomic E-state index is 6.15. The number of halogens is 1. The zero-order valence-corrected chi connectivity index (χ0v) is 10.8. The normalized spacial score (nSPS) is 11.2. The zero-order valence-electron chi connectivity index (χ0n) is 9.22. The topological polar surface area (TPSA) is 30.7 Å². The molecule has 0 bridgehead atoms. The van der Waals surface area contributed by atoms with Crippen molar-refractivity contribution in [1.29, 1.82) is 0 Å². The third-order valence-corrected chi connectivity index (χ3v) is 3.82. The molecular formula is C12H10ClN3S. The van der Waals surface area contributed by atoms with Gasteiger partial charge in [0.15, 0.2) is 0 Å². The number of rotatable bonds is 2. The van der Waals surface area contributed by atoms with Crippen LogP contribution in [0.3, 0.4) is 0 Å². The summed E-state index contributed by atoms with van der Waals surface area (Å²) in [5.74, 6) is 0. The Kier molecular flexibility index (Phi) is 2.61. The van der Waals surface area contributed by atoms with Crippen LogP contribution >= 0.6 is 22.9 Å². The Bertz CT molecular complexity index is 638. The van der Waals surface area contributed by atoms with Crippen LogP contribution in [0.5, 0.6) is 0 Å². The molecule has 0 aliphatic rings. The molecule has 86 valence electrons. The summed E-state index contributed by atoms with van der Waals surface area (Å²) in [4.78, 5) is 4.53. The molecule has 3 rings (SSSR count). The SMILES string of the molecule is CCc1cc(Cl)n(-c2nc3ccccc3s2)n1. The van der Waals surface area contributed by atoms with Crippen molar-refractivity contribution in [3.8, 4) is 5.13 Å². The molecule has 3 nitrogen and oxygen atoms in total. The lowest BCUT2D eigenvalue weighted by molar-refractivity contribution is 0.836. The summed E-state index contributed by atoms with van der Waals surface area (Å²) in [6.45, 7) is 2.06. The fourth-order valence-electron chi connectivity index (χ4n) is 1.66. The van der Waals surface area contributed by atoms with Gasteiger partial charge in [-0.2, -0.15) is 9.78 Å². The van der Waals surface area contributed by atoms with Gasteiger partial charge in [0.1, 0.15) is 5.15 Å². The van der Waals surface area contributed by atoms with E-state index < -0.39 is 0 Å². The van der Waals surface area contributed by atoms with Crippen molar-refractivity contribution in [3.63, 3.8) is 0 Å². The van der Waals surface area contributed by atoms with Gasteiger partial charge in [0.25, 0.3) is 0 Å². The number of fused-ring (bicyclic) bond motifs is 1. The van der Waals surface area contributed by atoms with Crippen LogP contribution in [-0.4, -0.2) is 14.8 Å². The second kappa shape index (κ2) is 4.13. The van der Waals surface area contributed by atoms with E-state index in [9.17, 15) is 0 Å². The van der Waals surface area contributed by atoms with E-state index >= 15 is 0 Å². The van der Waals surface area contributed by atoms with Gasteiger partial charge in [-0.3, -0.25) is 0 Å². The van der Waals surface area contributed by atoms with Gasteiger partial charge in [-0.15, -0.1) is 0 Å². The van der Waals surface area contributed by atoms with Crippen LogP contribution in [0.1, 0.15) is 12.6 Å². The van der Waals surface area contributed by atoms with E-state index in [1.54, 1.807) is 16.0 Å². The van der Waals surface area contributed by atoms with E-state index in [-0.39, 0.29) is 0 Å². The minimum absolute atomic E-state index is 0.612. The summed E-state index contributed by atoms with van der Waals surface area (Å²) < 4.78 is 2.84. The number of nitrogens with zero attached hydrogens (tertiary/aromatic N) is 3.